The van der Waals surface area contributed by atoms with Gasteiger partial charge in [-0.15, -0.1) is 0 Å². The normalized spacial score (nSPS) is 37.9. The van der Waals surface area contributed by atoms with E-state index in [2.05, 4.69) is 0 Å². The summed E-state index contributed by atoms with van der Waals surface area (Å²) in [5, 5.41) is 11.3. The first-order chi connectivity index (χ1) is 9.12. The van der Waals surface area contributed by atoms with Crippen LogP contribution < -0.4 is 4.74 Å². The number of ether oxygens (including phenoxy) is 1. The predicted molar refractivity (Wildman–Crippen MR) is 75.7 cm³/mol. The summed E-state index contributed by atoms with van der Waals surface area (Å²) in [7, 11) is 0.878. The largest absolute Gasteiger partial charge is 0.497 e. The van der Waals surface area contributed by atoms with E-state index < -0.39 is 16.4 Å². The summed E-state index contributed by atoms with van der Waals surface area (Å²) < 4.78 is 17.5. The first-order valence-corrected chi connectivity index (χ1v) is 8.16. The molecule has 2 atom stereocenters. The Morgan fingerprint density at radius 2 is 2.00 bits per heavy atom. The van der Waals surface area contributed by atoms with Gasteiger partial charge in [-0.3, -0.25) is 4.21 Å². The predicted octanol–water partition coefficient (Wildman–Crippen LogP) is 2.35. The molecule has 2 bridgehead atoms. The number of rotatable bonds is 2. The summed E-state index contributed by atoms with van der Waals surface area (Å²) in [5.74, 6) is 0.766. The van der Waals surface area contributed by atoms with E-state index in [9.17, 15) is 9.32 Å². The average Bonchev–Trinajstić information content (AvgIpc) is 2.41. The Labute approximate surface area is 116 Å². The Balaban J connectivity index is 1.92. The van der Waals surface area contributed by atoms with Gasteiger partial charge in [-0.25, -0.2) is 0 Å². The molecule has 0 saturated carbocycles. The fourth-order valence-electron chi connectivity index (χ4n) is 3.43. The van der Waals surface area contributed by atoms with E-state index in [1.54, 1.807) is 7.11 Å². The van der Waals surface area contributed by atoms with Crippen molar-refractivity contribution in [1.82, 2.24) is 0 Å². The van der Waals surface area contributed by atoms with E-state index in [0.717, 1.165) is 30.6 Å². The van der Waals surface area contributed by atoms with Crippen LogP contribution in [-0.2, 0) is 16.4 Å². The molecule has 2 unspecified atom stereocenters. The van der Waals surface area contributed by atoms with Crippen LogP contribution in [-0.4, -0.2) is 26.9 Å². The minimum Gasteiger partial charge on any atom is -0.497 e. The SMILES string of the molecule is COc1cccc(C2(O)CC3CCCC(C2)S3=O)c1. The lowest BCUT2D eigenvalue weighted by Gasteiger charge is -2.43. The Bertz CT molecular complexity index is 484. The molecule has 2 saturated heterocycles. The minimum atomic E-state index is -0.835. The van der Waals surface area contributed by atoms with Crippen molar-refractivity contribution in [3.8, 4) is 5.75 Å². The Kier molecular flexibility index (Phi) is 3.39. The summed E-state index contributed by atoms with van der Waals surface area (Å²) in [6.45, 7) is 0. The number of fused-ring (bicyclic) bond motifs is 2. The van der Waals surface area contributed by atoms with Crippen molar-refractivity contribution in [2.24, 2.45) is 0 Å². The van der Waals surface area contributed by atoms with Crippen molar-refractivity contribution in [1.29, 1.82) is 0 Å². The van der Waals surface area contributed by atoms with Crippen LogP contribution >= 0.6 is 0 Å². The topological polar surface area (TPSA) is 46.5 Å². The summed E-state index contributed by atoms with van der Waals surface area (Å²) in [5.41, 5.74) is 0.0681. The van der Waals surface area contributed by atoms with E-state index in [1.165, 1.54) is 0 Å². The molecule has 0 radical (unpaired) electrons. The van der Waals surface area contributed by atoms with E-state index >= 15 is 0 Å². The average molecular weight is 280 g/mol. The van der Waals surface area contributed by atoms with Gasteiger partial charge >= 0.3 is 0 Å². The minimum absolute atomic E-state index is 0.156. The summed E-state index contributed by atoms with van der Waals surface area (Å²) in [6.07, 6.45) is 4.34. The monoisotopic (exact) mass is 280 g/mol. The zero-order valence-electron chi connectivity index (χ0n) is 11.2. The lowest BCUT2D eigenvalue weighted by molar-refractivity contribution is 0.00637. The molecule has 2 heterocycles. The summed E-state index contributed by atoms with van der Waals surface area (Å²) in [4.78, 5) is 0. The maximum Gasteiger partial charge on any atom is 0.119 e. The highest BCUT2D eigenvalue weighted by Crippen LogP contribution is 2.44. The van der Waals surface area contributed by atoms with E-state index in [0.29, 0.717) is 12.8 Å². The van der Waals surface area contributed by atoms with Gasteiger partial charge in [0.2, 0.25) is 0 Å². The van der Waals surface area contributed by atoms with Gasteiger partial charge in [0.15, 0.2) is 0 Å². The van der Waals surface area contributed by atoms with Crippen molar-refractivity contribution in [3.05, 3.63) is 29.8 Å². The van der Waals surface area contributed by atoms with Crippen LogP contribution in [0, 0.1) is 0 Å². The zero-order valence-corrected chi connectivity index (χ0v) is 12.0. The lowest BCUT2D eigenvalue weighted by Crippen LogP contribution is -2.47. The fourth-order valence-corrected chi connectivity index (χ4v) is 5.65. The third kappa shape index (κ3) is 2.32. The van der Waals surface area contributed by atoms with Gasteiger partial charge in [-0.2, -0.15) is 0 Å². The van der Waals surface area contributed by atoms with Crippen LogP contribution in [0.2, 0.25) is 0 Å². The van der Waals surface area contributed by atoms with E-state index in [1.807, 2.05) is 24.3 Å². The molecule has 3 nitrogen and oxygen atoms in total. The Morgan fingerprint density at radius 3 is 2.63 bits per heavy atom. The number of aliphatic hydroxyl groups is 1. The van der Waals surface area contributed by atoms with Gasteiger partial charge in [0.25, 0.3) is 0 Å². The highest BCUT2D eigenvalue weighted by Gasteiger charge is 2.46. The molecule has 0 spiro atoms. The number of methoxy groups -OCH3 is 1. The second-order valence-electron chi connectivity index (χ2n) is 5.68. The molecule has 2 aliphatic heterocycles. The fraction of sp³-hybridized carbons (Fsp3) is 0.600. The molecule has 4 heteroatoms. The van der Waals surface area contributed by atoms with Gasteiger partial charge in [-0.1, -0.05) is 18.6 Å². The molecule has 2 aliphatic rings. The molecule has 19 heavy (non-hydrogen) atoms. The standard InChI is InChI=1S/C15H20O3S/c1-18-12-5-2-4-11(8-12)15(16)9-13-6-3-7-14(10-15)19(13)17/h2,4-5,8,13-14,16H,3,6-7,9-10H2,1H3. The van der Waals surface area contributed by atoms with Crippen LogP contribution in [0.25, 0.3) is 0 Å². The van der Waals surface area contributed by atoms with Crippen molar-refractivity contribution in [3.63, 3.8) is 0 Å². The maximum atomic E-state index is 12.2. The van der Waals surface area contributed by atoms with Crippen molar-refractivity contribution in [2.45, 2.75) is 48.2 Å². The van der Waals surface area contributed by atoms with Gasteiger partial charge < -0.3 is 9.84 Å². The van der Waals surface area contributed by atoms with E-state index in [4.69, 9.17) is 4.74 Å². The van der Waals surface area contributed by atoms with Crippen LogP contribution in [0.1, 0.15) is 37.7 Å². The van der Waals surface area contributed by atoms with Gasteiger partial charge in [0.1, 0.15) is 5.75 Å². The maximum absolute atomic E-state index is 12.2. The molecule has 3 rings (SSSR count). The molecule has 0 amide bonds. The number of benzene rings is 1. The van der Waals surface area contributed by atoms with Crippen LogP contribution in [0.3, 0.4) is 0 Å². The van der Waals surface area contributed by atoms with Gasteiger partial charge in [0.05, 0.1) is 12.7 Å². The second kappa shape index (κ2) is 4.91. The summed E-state index contributed by atoms with van der Waals surface area (Å²) >= 11 is 0. The van der Waals surface area contributed by atoms with Crippen molar-refractivity contribution < 1.29 is 14.1 Å². The Morgan fingerprint density at radius 1 is 1.32 bits per heavy atom. The first kappa shape index (κ1) is 13.1. The quantitative estimate of drug-likeness (QED) is 0.904. The molecule has 1 N–H and O–H groups in total. The molecule has 2 fully saturated rings. The lowest BCUT2D eigenvalue weighted by atomic mass is 9.80. The number of hydrogen-bond acceptors (Lipinski definition) is 3. The summed E-state index contributed by atoms with van der Waals surface area (Å²) in [6, 6.07) is 7.65. The molecular weight excluding hydrogens is 260 g/mol. The molecule has 104 valence electrons. The molecule has 1 aromatic carbocycles. The highest BCUT2D eigenvalue weighted by atomic mass is 32.2. The highest BCUT2D eigenvalue weighted by molar-refractivity contribution is 7.86. The third-order valence-electron chi connectivity index (χ3n) is 4.45. The van der Waals surface area contributed by atoms with Crippen LogP contribution in [0.5, 0.6) is 5.75 Å². The smallest absolute Gasteiger partial charge is 0.119 e. The molecule has 0 aliphatic carbocycles. The molecular formula is C15H20O3S. The Hall–Kier alpha value is -0.870. The number of hydrogen-bond donors (Lipinski definition) is 1. The van der Waals surface area contributed by atoms with Crippen LogP contribution in [0.15, 0.2) is 24.3 Å². The van der Waals surface area contributed by atoms with Crippen molar-refractivity contribution >= 4 is 10.8 Å². The second-order valence-corrected chi connectivity index (χ2v) is 7.67. The van der Waals surface area contributed by atoms with Crippen LogP contribution in [0.4, 0.5) is 0 Å². The third-order valence-corrected chi connectivity index (χ3v) is 6.57. The molecule has 0 aromatic heterocycles. The van der Waals surface area contributed by atoms with E-state index in [-0.39, 0.29) is 10.5 Å². The first-order valence-electron chi connectivity index (χ1n) is 6.89. The zero-order chi connectivity index (χ0) is 13.5. The van der Waals surface area contributed by atoms with Crippen molar-refractivity contribution in [2.75, 3.05) is 7.11 Å². The van der Waals surface area contributed by atoms with Gasteiger partial charge in [-0.05, 0) is 43.4 Å². The van der Waals surface area contributed by atoms with Gasteiger partial charge in [0, 0.05) is 21.3 Å². The molecule has 1 aromatic rings.